The largest absolute Gasteiger partial charge is 0.321 e. The number of aryl methyl sites for hydroxylation is 2. The smallest absolute Gasteiger partial charge is 0.276 e. The molecule has 4 heteroatoms. The summed E-state index contributed by atoms with van der Waals surface area (Å²) in [5, 5.41) is 8.39. The predicted octanol–water partition coefficient (Wildman–Crippen LogP) is 4.89. The van der Waals surface area contributed by atoms with Crippen LogP contribution in [0.5, 0.6) is 0 Å². The molecule has 0 atom stereocenters. The molecule has 0 aliphatic heterocycles. The van der Waals surface area contributed by atoms with Crippen molar-refractivity contribution < 1.29 is 4.79 Å². The molecule has 1 N–H and O–H groups in total. The number of carbonyl (C=O) groups excluding carboxylic acids is 1. The number of carbonyl (C=O) groups is 1. The number of anilines is 1. The first-order chi connectivity index (χ1) is 12.6. The third-order valence-corrected chi connectivity index (χ3v) is 4.36. The van der Waals surface area contributed by atoms with E-state index in [1.807, 2.05) is 91.3 Å². The Morgan fingerprint density at radius 3 is 2.42 bits per heavy atom. The van der Waals surface area contributed by atoms with Crippen molar-refractivity contribution in [2.24, 2.45) is 0 Å². The minimum absolute atomic E-state index is 0.210. The number of hydrogen-bond acceptors (Lipinski definition) is 2. The molecular formula is C22H19N3O. The highest BCUT2D eigenvalue weighted by Crippen LogP contribution is 2.23. The molecule has 0 bridgehead atoms. The van der Waals surface area contributed by atoms with Gasteiger partial charge in [0.05, 0.1) is 11.2 Å². The van der Waals surface area contributed by atoms with Gasteiger partial charge in [0.1, 0.15) is 0 Å². The summed E-state index contributed by atoms with van der Waals surface area (Å²) in [6.45, 7) is 4.04. The lowest BCUT2D eigenvalue weighted by Crippen LogP contribution is -2.13. The van der Waals surface area contributed by atoms with E-state index in [0.717, 1.165) is 27.8 Å². The van der Waals surface area contributed by atoms with Gasteiger partial charge in [0.15, 0.2) is 5.69 Å². The Hall–Kier alpha value is -3.40. The number of hydrogen-bond donors (Lipinski definition) is 1. The first-order valence-corrected chi connectivity index (χ1v) is 8.55. The Balaban J connectivity index is 1.78. The molecule has 0 spiro atoms. The highest BCUT2D eigenvalue weighted by atomic mass is 16.2. The normalized spacial score (nSPS) is 10.8. The lowest BCUT2D eigenvalue weighted by Gasteiger charge is -2.04. The van der Waals surface area contributed by atoms with Crippen molar-refractivity contribution in [1.82, 2.24) is 9.78 Å². The number of rotatable bonds is 3. The highest BCUT2D eigenvalue weighted by Gasteiger charge is 2.18. The SMILES string of the molecule is Cc1ccc(-n2nc(C(=O)Nc3cccc(C)c3)c3ccccc32)cc1. The van der Waals surface area contributed by atoms with Gasteiger partial charge in [-0.1, -0.05) is 48.0 Å². The second kappa shape index (κ2) is 6.48. The van der Waals surface area contributed by atoms with Gasteiger partial charge in [-0.2, -0.15) is 5.10 Å². The average molecular weight is 341 g/mol. The molecule has 4 aromatic rings. The van der Waals surface area contributed by atoms with E-state index in [9.17, 15) is 4.79 Å². The zero-order valence-corrected chi connectivity index (χ0v) is 14.7. The molecule has 1 aromatic heterocycles. The molecule has 0 fully saturated rings. The maximum absolute atomic E-state index is 12.9. The van der Waals surface area contributed by atoms with Crippen LogP contribution in [0.2, 0.25) is 0 Å². The standard InChI is InChI=1S/C22H19N3O/c1-15-10-12-18(13-11-15)25-20-9-4-3-8-19(20)21(24-25)22(26)23-17-7-5-6-16(2)14-17/h3-14H,1-2H3,(H,23,26). The maximum atomic E-state index is 12.9. The van der Waals surface area contributed by atoms with E-state index in [0.29, 0.717) is 5.69 Å². The molecule has 0 saturated heterocycles. The zero-order valence-electron chi connectivity index (χ0n) is 14.7. The quantitative estimate of drug-likeness (QED) is 0.576. The van der Waals surface area contributed by atoms with Crippen LogP contribution < -0.4 is 5.32 Å². The third kappa shape index (κ3) is 2.97. The Morgan fingerprint density at radius 1 is 0.885 bits per heavy atom. The van der Waals surface area contributed by atoms with E-state index in [4.69, 9.17) is 0 Å². The summed E-state index contributed by atoms with van der Waals surface area (Å²) >= 11 is 0. The van der Waals surface area contributed by atoms with E-state index in [2.05, 4.69) is 10.4 Å². The molecule has 3 aromatic carbocycles. The fourth-order valence-corrected chi connectivity index (χ4v) is 3.03. The van der Waals surface area contributed by atoms with Crippen LogP contribution in [0.3, 0.4) is 0 Å². The molecule has 128 valence electrons. The maximum Gasteiger partial charge on any atom is 0.276 e. The van der Waals surface area contributed by atoms with E-state index in [1.54, 1.807) is 0 Å². The Bertz CT molecular complexity index is 1090. The van der Waals surface area contributed by atoms with Crippen LogP contribution in [0.1, 0.15) is 21.6 Å². The molecule has 1 amide bonds. The van der Waals surface area contributed by atoms with E-state index in [-0.39, 0.29) is 5.91 Å². The monoisotopic (exact) mass is 341 g/mol. The van der Waals surface area contributed by atoms with Crippen LogP contribution in [0.25, 0.3) is 16.6 Å². The first kappa shape index (κ1) is 16.1. The van der Waals surface area contributed by atoms with Crippen molar-refractivity contribution >= 4 is 22.5 Å². The number of aromatic nitrogens is 2. The average Bonchev–Trinajstić information content (AvgIpc) is 3.02. The second-order valence-electron chi connectivity index (χ2n) is 6.44. The summed E-state index contributed by atoms with van der Waals surface area (Å²) in [6, 6.07) is 23.6. The molecule has 0 radical (unpaired) electrons. The molecule has 26 heavy (non-hydrogen) atoms. The van der Waals surface area contributed by atoms with Crippen LogP contribution in [0, 0.1) is 13.8 Å². The molecule has 0 aliphatic rings. The van der Waals surface area contributed by atoms with Crippen LogP contribution in [0.15, 0.2) is 72.8 Å². The van der Waals surface area contributed by atoms with Gasteiger partial charge < -0.3 is 5.32 Å². The summed E-state index contributed by atoms with van der Waals surface area (Å²) in [6.07, 6.45) is 0. The summed E-state index contributed by atoms with van der Waals surface area (Å²) in [7, 11) is 0. The fraction of sp³-hybridized carbons (Fsp3) is 0.0909. The van der Waals surface area contributed by atoms with Crippen molar-refractivity contribution in [2.75, 3.05) is 5.32 Å². The van der Waals surface area contributed by atoms with Crippen molar-refractivity contribution in [3.8, 4) is 5.69 Å². The highest BCUT2D eigenvalue weighted by molar-refractivity contribution is 6.11. The molecule has 4 rings (SSSR count). The van der Waals surface area contributed by atoms with Crippen molar-refractivity contribution in [3.05, 3.63) is 89.6 Å². The van der Waals surface area contributed by atoms with Gasteiger partial charge in [-0.25, -0.2) is 4.68 Å². The van der Waals surface area contributed by atoms with E-state index < -0.39 is 0 Å². The first-order valence-electron chi connectivity index (χ1n) is 8.55. The second-order valence-corrected chi connectivity index (χ2v) is 6.44. The summed E-state index contributed by atoms with van der Waals surface area (Å²) in [5.41, 5.74) is 5.30. The summed E-state index contributed by atoms with van der Waals surface area (Å²) in [5.74, 6) is -0.210. The third-order valence-electron chi connectivity index (χ3n) is 4.36. The molecule has 0 aliphatic carbocycles. The fourth-order valence-electron chi connectivity index (χ4n) is 3.03. The number of amides is 1. The Morgan fingerprint density at radius 2 is 1.65 bits per heavy atom. The van der Waals surface area contributed by atoms with Gasteiger partial charge in [-0.3, -0.25) is 4.79 Å². The minimum Gasteiger partial charge on any atom is -0.321 e. The topological polar surface area (TPSA) is 46.9 Å². The summed E-state index contributed by atoms with van der Waals surface area (Å²) < 4.78 is 1.82. The molecule has 1 heterocycles. The van der Waals surface area contributed by atoms with Crippen LogP contribution in [-0.4, -0.2) is 15.7 Å². The molecular weight excluding hydrogens is 322 g/mol. The predicted molar refractivity (Wildman–Crippen MR) is 105 cm³/mol. The van der Waals surface area contributed by atoms with Gasteiger partial charge in [0.25, 0.3) is 5.91 Å². The summed E-state index contributed by atoms with van der Waals surface area (Å²) in [4.78, 5) is 12.9. The lowest BCUT2D eigenvalue weighted by molar-refractivity contribution is 0.102. The van der Waals surface area contributed by atoms with Gasteiger partial charge in [-0.15, -0.1) is 0 Å². The van der Waals surface area contributed by atoms with E-state index in [1.165, 1.54) is 5.56 Å². The van der Waals surface area contributed by atoms with Crippen LogP contribution in [-0.2, 0) is 0 Å². The zero-order chi connectivity index (χ0) is 18.1. The minimum atomic E-state index is -0.210. The molecule has 0 saturated carbocycles. The number of benzene rings is 3. The van der Waals surface area contributed by atoms with Crippen molar-refractivity contribution in [2.45, 2.75) is 13.8 Å². The van der Waals surface area contributed by atoms with Gasteiger partial charge >= 0.3 is 0 Å². The van der Waals surface area contributed by atoms with Gasteiger partial charge in [0, 0.05) is 11.1 Å². The Labute approximate surface area is 152 Å². The number of nitrogens with one attached hydrogen (secondary N) is 1. The number of nitrogens with zero attached hydrogens (tertiary/aromatic N) is 2. The van der Waals surface area contributed by atoms with Crippen molar-refractivity contribution in [3.63, 3.8) is 0 Å². The number of para-hydroxylation sites is 1. The molecule has 4 nitrogen and oxygen atoms in total. The number of fused-ring (bicyclic) bond motifs is 1. The van der Waals surface area contributed by atoms with E-state index >= 15 is 0 Å². The van der Waals surface area contributed by atoms with Gasteiger partial charge in [-0.05, 0) is 49.7 Å². The Kier molecular flexibility index (Phi) is 4.01. The molecule has 0 unspecified atom stereocenters. The van der Waals surface area contributed by atoms with Crippen LogP contribution in [0.4, 0.5) is 5.69 Å². The van der Waals surface area contributed by atoms with Crippen LogP contribution >= 0.6 is 0 Å². The van der Waals surface area contributed by atoms with Crippen molar-refractivity contribution in [1.29, 1.82) is 0 Å². The lowest BCUT2D eigenvalue weighted by atomic mass is 10.2. The van der Waals surface area contributed by atoms with Gasteiger partial charge in [0.2, 0.25) is 0 Å².